The summed E-state index contributed by atoms with van der Waals surface area (Å²) in [6.45, 7) is 4.01. The molecular formula is C22H23FN2O2. The molecule has 0 bridgehead atoms. The van der Waals surface area contributed by atoms with Gasteiger partial charge in [0.05, 0.1) is 11.4 Å². The summed E-state index contributed by atoms with van der Waals surface area (Å²) in [5.41, 5.74) is 2.63. The number of carboxylic acids is 1. The van der Waals surface area contributed by atoms with E-state index >= 15 is 0 Å². The van der Waals surface area contributed by atoms with E-state index in [1.807, 2.05) is 44.2 Å². The summed E-state index contributed by atoms with van der Waals surface area (Å²) in [6.07, 6.45) is 1.74. The smallest absolute Gasteiger partial charge is 0.339 e. The van der Waals surface area contributed by atoms with Crippen molar-refractivity contribution in [3.63, 3.8) is 0 Å². The monoisotopic (exact) mass is 366 g/mol. The molecule has 140 valence electrons. The molecule has 0 aliphatic carbocycles. The van der Waals surface area contributed by atoms with Gasteiger partial charge < -0.3 is 5.11 Å². The number of nitrogens with zero attached hydrogens (tertiary/aromatic N) is 2. The van der Waals surface area contributed by atoms with Gasteiger partial charge in [-0.1, -0.05) is 62.7 Å². The van der Waals surface area contributed by atoms with E-state index in [1.165, 1.54) is 10.7 Å². The van der Waals surface area contributed by atoms with Gasteiger partial charge in [0.25, 0.3) is 0 Å². The van der Waals surface area contributed by atoms with Crippen LogP contribution in [0.1, 0.15) is 53.5 Å². The molecule has 1 aromatic heterocycles. The van der Waals surface area contributed by atoms with E-state index < -0.39 is 11.8 Å². The van der Waals surface area contributed by atoms with Crippen LogP contribution < -0.4 is 0 Å². The summed E-state index contributed by atoms with van der Waals surface area (Å²) < 4.78 is 15.8. The van der Waals surface area contributed by atoms with Crippen LogP contribution in [0.3, 0.4) is 0 Å². The summed E-state index contributed by atoms with van der Waals surface area (Å²) in [7, 11) is 0. The molecule has 27 heavy (non-hydrogen) atoms. The standard InChI is InChI=1S/C22H23FN2O2/c1-3-9-20-21(22(26)27)18(14-15(2)16-10-5-4-6-11-16)24-25(20)19-13-8-7-12-17(19)23/h4-8,10-13,15H,3,9,14H2,1-2H3,(H,26,27). The van der Waals surface area contributed by atoms with Crippen LogP contribution in [-0.2, 0) is 12.8 Å². The van der Waals surface area contributed by atoms with Crippen LogP contribution in [0.5, 0.6) is 0 Å². The molecule has 1 N–H and O–H groups in total. The Morgan fingerprint density at radius 2 is 1.81 bits per heavy atom. The third-order valence-electron chi connectivity index (χ3n) is 4.70. The van der Waals surface area contributed by atoms with Gasteiger partial charge >= 0.3 is 5.97 Å². The topological polar surface area (TPSA) is 55.1 Å². The molecule has 1 heterocycles. The Hall–Kier alpha value is -2.95. The highest BCUT2D eigenvalue weighted by atomic mass is 19.1. The maximum atomic E-state index is 14.4. The molecule has 0 spiro atoms. The van der Waals surface area contributed by atoms with Gasteiger partial charge in [-0.3, -0.25) is 0 Å². The Morgan fingerprint density at radius 3 is 2.44 bits per heavy atom. The van der Waals surface area contributed by atoms with E-state index in [9.17, 15) is 14.3 Å². The molecule has 0 aliphatic heterocycles. The molecule has 0 aliphatic rings. The first kappa shape index (κ1) is 18.8. The average Bonchev–Trinajstić information content (AvgIpc) is 3.01. The number of carboxylic acid groups (broad SMARTS) is 1. The average molecular weight is 366 g/mol. The highest BCUT2D eigenvalue weighted by Gasteiger charge is 2.25. The minimum absolute atomic E-state index is 0.0998. The van der Waals surface area contributed by atoms with Crippen molar-refractivity contribution < 1.29 is 14.3 Å². The normalized spacial score (nSPS) is 12.1. The molecule has 0 radical (unpaired) electrons. The molecule has 1 unspecified atom stereocenters. The molecule has 2 aromatic carbocycles. The van der Waals surface area contributed by atoms with Crippen molar-refractivity contribution in [2.75, 3.05) is 0 Å². The predicted molar refractivity (Wildman–Crippen MR) is 103 cm³/mol. The van der Waals surface area contributed by atoms with Crippen LogP contribution in [0.25, 0.3) is 5.69 Å². The van der Waals surface area contributed by atoms with Crippen LogP contribution in [0.4, 0.5) is 4.39 Å². The van der Waals surface area contributed by atoms with Crippen LogP contribution >= 0.6 is 0 Å². The van der Waals surface area contributed by atoms with E-state index in [4.69, 9.17) is 0 Å². The maximum Gasteiger partial charge on any atom is 0.339 e. The number of halogens is 1. The number of hydrogen-bond acceptors (Lipinski definition) is 2. The van der Waals surface area contributed by atoms with Crippen molar-refractivity contribution in [3.8, 4) is 5.69 Å². The lowest BCUT2D eigenvalue weighted by molar-refractivity contribution is 0.0694. The minimum Gasteiger partial charge on any atom is -0.478 e. The SMILES string of the molecule is CCCc1c(C(=O)O)c(CC(C)c2ccccc2)nn1-c1ccccc1F. The largest absolute Gasteiger partial charge is 0.478 e. The Kier molecular flexibility index (Phi) is 5.69. The fourth-order valence-corrected chi connectivity index (χ4v) is 3.37. The third-order valence-corrected chi connectivity index (χ3v) is 4.70. The number of aromatic carboxylic acids is 1. The molecule has 0 fully saturated rings. The van der Waals surface area contributed by atoms with Crippen LogP contribution in [-0.4, -0.2) is 20.9 Å². The second-order valence-corrected chi connectivity index (χ2v) is 6.70. The Labute approximate surface area is 158 Å². The van der Waals surface area contributed by atoms with Crippen molar-refractivity contribution in [2.24, 2.45) is 0 Å². The Bertz CT molecular complexity index is 935. The van der Waals surface area contributed by atoms with Crippen LogP contribution in [0.2, 0.25) is 0 Å². The Morgan fingerprint density at radius 1 is 1.15 bits per heavy atom. The highest BCUT2D eigenvalue weighted by Crippen LogP contribution is 2.27. The molecule has 0 saturated carbocycles. The van der Waals surface area contributed by atoms with E-state index in [0.717, 1.165) is 12.0 Å². The van der Waals surface area contributed by atoms with Gasteiger partial charge in [-0.05, 0) is 36.5 Å². The highest BCUT2D eigenvalue weighted by molar-refractivity contribution is 5.90. The fourth-order valence-electron chi connectivity index (χ4n) is 3.37. The number of aromatic nitrogens is 2. The lowest BCUT2D eigenvalue weighted by atomic mass is 9.94. The molecule has 0 saturated heterocycles. The first-order valence-corrected chi connectivity index (χ1v) is 9.16. The van der Waals surface area contributed by atoms with Gasteiger partial charge in [-0.25, -0.2) is 13.9 Å². The predicted octanol–water partition coefficient (Wildman–Crippen LogP) is 5.01. The van der Waals surface area contributed by atoms with Gasteiger partial charge in [0.15, 0.2) is 0 Å². The number of para-hydroxylation sites is 1. The molecular weight excluding hydrogens is 343 g/mol. The molecule has 5 heteroatoms. The number of carbonyl (C=O) groups is 1. The van der Waals surface area contributed by atoms with Crippen molar-refractivity contribution in [2.45, 2.75) is 39.0 Å². The summed E-state index contributed by atoms with van der Waals surface area (Å²) in [5, 5.41) is 14.4. The molecule has 1 atom stereocenters. The van der Waals surface area contributed by atoms with Crippen molar-refractivity contribution in [1.29, 1.82) is 0 Å². The van der Waals surface area contributed by atoms with E-state index in [-0.39, 0.29) is 17.2 Å². The number of rotatable bonds is 7. The zero-order valence-corrected chi connectivity index (χ0v) is 15.5. The lowest BCUT2D eigenvalue weighted by Gasteiger charge is -2.10. The molecule has 0 amide bonds. The number of benzene rings is 2. The summed E-state index contributed by atoms with van der Waals surface area (Å²) in [5.74, 6) is -1.34. The Balaban J connectivity index is 2.09. The van der Waals surface area contributed by atoms with Gasteiger partial charge in [0.2, 0.25) is 0 Å². The van der Waals surface area contributed by atoms with Crippen molar-refractivity contribution in [3.05, 3.63) is 82.9 Å². The summed E-state index contributed by atoms with van der Waals surface area (Å²) >= 11 is 0. The molecule has 3 aromatic rings. The quantitative estimate of drug-likeness (QED) is 0.640. The fraction of sp³-hybridized carbons (Fsp3) is 0.273. The van der Waals surface area contributed by atoms with Gasteiger partial charge in [0, 0.05) is 0 Å². The zero-order chi connectivity index (χ0) is 19.4. The van der Waals surface area contributed by atoms with E-state index in [1.54, 1.807) is 18.2 Å². The van der Waals surface area contributed by atoms with Crippen LogP contribution in [0, 0.1) is 5.82 Å². The molecule has 3 rings (SSSR count). The maximum absolute atomic E-state index is 14.4. The van der Waals surface area contributed by atoms with E-state index in [2.05, 4.69) is 5.10 Å². The van der Waals surface area contributed by atoms with Gasteiger partial charge in [0.1, 0.15) is 17.1 Å². The first-order valence-electron chi connectivity index (χ1n) is 9.16. The summed E-state index contributed by atoms with van der Waals surface area (Å²) in [4.78, 5) is 12.0. The van der Waals surface area contributed by atoms with Crippen molar-refractivity contribution >= 4 is 5.97 Å². The lowest BCUT2D eigenvalue weighted by Crippen LogP contribution is -2.08. The molecule has 4 nitrogen and oxygen atoms in total. The first-order chi connectivity index (χ1) is 13.0. The second kappa shape index (κ2) is 8.16. The second-order valence-electron chi connectivity index (χ2n) is 6.70. The zero-order valence-electron chi connectivity index (χ0n) is 15.5. The third kappa shape index (κ3) is 3.92. The van der Waals surface area contributed by atoms with Gasteiger partial charge in [-0.15, -0.1) is 0 Å². The van der Waals surface area contributed by atoms with Crippen molar-refractivity contribution in [1.82, 2.24) is 9.78 Å². The van der Waals surface area contributed by atoms with E-state index in [0.29, 0.717) is 24.2 Å². The van der Waals surface area contributed by atoms with Gasteiger partial charge in [-0.2, -0.15) is 5.10 Å². The number of hydrogen-bond donors (Lipinski definition) is 1. The summed E-state index contributed by atoms with van der Waals surface area (Å²) in [6, 6.07) is 16.2. The van der Waals surface area contributed by atoms with Crippen LogP contribution in [0.15, 0.2) is 54.6 Å². The minimum atomic E-state index is -1.02.